The van der Waals surface area contributed by atoms with Crippen LogP contribution in [0.3, 0.4) is 0 Å². The highest BCUT2D eigenvalue weighted by Crippen LogP contribution is 2.33. The number of carbonyl (C=O) groups excluding carboxylic acids is 2. The van der Waals surface area contributed by atoms with Crippen LogP contribution in [0.4, 0.5) is 5.69 Å². The van der Waals surface area contributed by atoms with Gasteiger partial charge in [-0.25, -0.2) is 0 Å². The zero-order chi connectivity index (χ0) is 18.7. The predicted octanol–water partition coefficient (Wildman–Crippen LogP) is 2.37. The maximum atomic E-state index is 12.6. The minimum atomic E-state index is -0.851. The van der Waals surface area contributed by atoms with Gasteiger partial charge in [0.25, 0.3) is 5.91 Å². The lowest BCUT2D eigenvalue weighted by Crippen LogP contribution is -2.28. The molecule has 26 heavy (non-hydrogen) atoms. The van der Waals surface area contributed by atoms with Gasteiger partial charge in [-0.05, 0) is 50.3 Å². The van der Waals surface area contributed by atoms with Gasteiger partial charge in [-0.15, -0.1) is 0 Å². The van der Waals surface area contributed by atoms with E-state index in [1.54, 1.807) is 18.2 Å². The molecule has 1 aromatic carbocycles. The molecule has 7 heteroatoms. The Balaban J connectivity index is 1.73. The number of carboxylic acids is 1. The monoisotopic (exact) mass is 360 g/mol. The first-order chi connectivity index (χ1) is 12.5. The number of anilines is 1. The summed E-state index contributed by atoms with van der Waals surface area (Å²) in [5, 5.41) is 11.9. The molecule has 1 aliphatic carbocycles. The van der Waals surface area contributed by atoms with Crippen molar-refractivity contribution in [3.8, 4) is 5.75 Å². The molecule has 2 amide bonds. The van der Waals surface area contributed by atoms with Crippen LogP contribution in [0.25, 0.3) is 0 Å². The third kappa shape index (κ3) is 3.81. The average molecular weight is 360 g/mol. The Kier molecular flexibility index (Phi) is 5.44. The van der Waals surface area contributed by atoms with Crippen LogP contribution < -0.4 is 10.1 Å². The van der Waals surface area contributed by atoms with Gasteiger partial charge in [-0.1, -0.05) is 0 Å². The number of carbonyl (C=O) groups is 3. The number of hydrogen-bond acceptors (Lipinski definition) is 4. The van der Waals surface area contributed by atoms with E-state index in [0.717, 1.165) is 25.9 Å². The molecule has 0 aromatic heterocycles. The standard InChI is InChI=1S/C19H24N2O5/c1-26-16-7-6-13(18(23)21-8-2-3-9-21)11-15(16)20-17(22)12-4-5-14(10-12)19(24)25/h6-7,11-12,14H,2-5,8-10H2,1H3,(H,20,22)(H,24,25)/t12-,14+/m1/s1. The van der Waals surface area contributed by atoms with Gasteiger partial charge in [0.15, 0.2) is 0 Å². The first-order valence-electron chi connectivity index (χ1n) is 9.00. The Morgan fingerprint density at radius 2 is 1.85 bits per heavy atom. The largest absolute Gasteiger partial charge is 0.495 e. The lowest BCUT2D eigenvalue weighted by molar-refractivity contribution is -0.141. The van der Waals surface area contributed by atoms with Crippen molar-refractivity contribution in [1.29, 1.82) is 0 Å². The summed E-state index contributed by atoms with van der Waals surface area (Å²) in [4.78, 5) is 38.0. The van der Waals surface area contributed by atoms with Crippen molar-refractivity contribution in [3.05, 3.63) is 23.8 Å². The van der Waals surface area contributed by atoms with E-state index >= 15 is 0 Å². The molecular weight excluding hydrogens is 336 g/mol. The van der Waals surface area contributed by atoms with Crippen LogP contribution in [-0.4, -0.2) is 48.0 Å². The topological polar surface area (TPSA) is 95.9 Å². The fraction of sp³-hybridized carbons (Fsp3) is 0.526. The lowest BCUT2D eigenvalue weighted by atomic mass is 10.0. The molecule has 1 saturated carbocycles. The van der Waals surface area contributed by atoms with Crippen molar-refractivity contribution in [2.75, 3.05) is 25.5 Å². The SMILES string of the molecule is COc1ccc(C(=O)N2CCCC2)cc1NC(=O)[C@@H]1CC[C@H](C(=O)O)C1. The Hall–Kier alpha value is -2.57. The first-order valence-corrected chi connectivity index (χ1v) is 9.00. The number of methoxy groups -OCH3 is 1. The molecule has 1 saturated heterocycles. The van der Waals surface area contributed by atoms with E-state index in [1.165, 1.54) is 7.11 Å². The second-order valence-electron chi connectivity index (χ2n) is 6.95. The zero-order valence-electron chi connectivity index (χ0n) is 14.9. The maximum absolute atomic E-state index is 12.6. The molecule has 0 spiro atoms. The number of likely N-dealkylation sites (tertiary alicyclic amines) is 1. The molecule has 140 valence electrons. The smallest absolute Gasteiger partial charge is 0.306 e. The molecule has 2 N–H and O–H groups in total. The summed E-state index contributed by atoms with van der Waals surface area (Å²) in [7, 11) is 1.50. The molecular formula is C19H24N2O5. The highest BCUT2D eigenvalue weighted by Gasteiger charge is 2.34. The Labute approximate surface area is 152 Å². The summed E-state index contributed by atoms with van der Waals surface area (Å²) in [6, 6.07) is 5.01. The Morgan fingerprint density at radius 3 is 2.46 bits per heavy atom. The molecule has 1 aromatic rings. The quantitative estimate of drug-likeness (QED) is 0.840. The van der Waals surface area contributed by atoms with E-state index in [1.807, 2.05) is 4.90 Å². The number of benzene rings is 1. The zero-order valence-corrected chi connectivity index (χ0v) is 14.9. The van der Waals surface area contributed by atoms with E-state index in [9.17, 15) is 14.4 Å². The van der Waals surface area contributed by atoms with Gasteiger partial charge in [0.05, 0.1) is 18.7 Å². The average Bonchev–Trinajstić information content (AvgIpc) is 3.32. The molecule has 7 nitrogen and oxygen atoms in total. The van der Waals surface area contributed by atoms with Crippen molar-refractivity contribution in [3.63, 3.8) is 0 Å². The van der Waals surface area contributed by atoms with Gasteiger partial charge in [0.2, 0.25) is 5.91 Å². The number of nitrogens with zero attached hydrogens (tertiary/aromatic N) is 1. The highest BCUT2D eigenvalue weighted by molar-refractivity contribution is 5.99. The minimum absolute atomic E-state index is 0.0486. The van der Waals surface area contributed by atoms with Crippen LogP contribution in [0.2, 0.25) is 0 Å². The van der Waals surface area contributed by atoms with E-state index in [-0.39, 0.29) is 17.7 Å². The van der Waals surface area contributed by atoms with Gasteiger partial charge in [-0.3, -0.25) is 14.4 Å². The number of hydrogen-bond donors (Lipinski definition) is 2. The summed E-state index contributed by atoms with van der Waals surface area (Å²) in [6.45, 7) is 1.51. The van der Waals surface area contributed by atoms with Crippen molar-refractivity contribution >= 4 is 23.5 Å². The Morgan fingerprint density at radius 1 is 1.15 bits per heavy atom. The van der Waals surface area contributed by atoms with Crippen molar-refractivity contribution in [2.45, 2.75) is 32.1 Å². The molecule has 1 heterocycles. The second-order valence-corrected chi connectivity index (χ2v) is 6.95. The van der Waals surface area contributed by atoms with Gasteiger partial charge in [0, 0.05) is 24.6 Å². The first kappa shape index (κ1) is 18.2. The van der Waals surface area contributed by atoms with Gasteiger partial charge >= 0.3 is 5.97 Å². The highest BCUT2D eigenvalue weighted by atomic mass is 16.5. The molecule has 1 aliphatic heterocycles. The fourth-order valence-corrected chi connectivity index (χ4v) is 3.72. The number of carboxylic acid groups (broad SMARTS) is 1. The van der Waals surface area contributed by atoms with Crippen molar-refractivity contribution in [2.24, 2.45) is 11.8 Å². The van der Waals surface area contributed by atoms with E-state index in [0.29, 0.717) is 36.3 Å². The van der Waals surface area contributed by atoms with Crippen LogP contribution in [0, 0.1) is 11.8 Å². The fourth-order valence-electron chi connectivity index (χ4n) is 3.72. The van der Waals surface area contributed by atoms with E-state index in [2.05, 4.69) is 5.32 Å². The van der Waals surface area contributed by atoms with Crippen molar-refractivity contribution in [1.82, 2.24) is 4.90 Å². The Bertz CT molecular complexity index is 712. The molecule has 3 rings (SSSR count). The van der Waals surface area contributed by atoms with Gasteiger partial charge in [0.1, 0.15) is 5.75 Å². The molecule has 2 aliphatic rings. The summed E-state index contributed by atoms with van der Waals surface area (Å²) in [5.41, 5.74) is 0.958. The summed E-state index contributed by atoms with van der Waals surface area (Å²) < 4.78 is 5.29. The van der Waals surface area contributed by atoms with Crippen LogP contribution in [0.15, 0.2) is 18.2 Å². The van der Waals surface area contributed by atoms with Crippen LogP contribution >= 0.6 is 0 Å². The van der Waals surface area contributed by atoms with Crippen molar-refractivity contribution < 1.29 is 24.2 Å². The van der Waals surface area contributed by atoms with E-state index < -0.39 is 11.9 Å². The number of ether oxygens (including phenoxy) is 1. The normalized spacial score (nSPS) is 22.3. The summed E-state index contributed by atoms with van der Waals surface area (Å²) >= 11 is 0. The number of rotatable bonds is 5. The minimum Gasteiger partial charge on any atom is -0.495 e. The molecule has 2 atom stereocenters. The number of amides is 2. The molecule has 0 radical (unpaired) electrons. The van der Waals surface area contributed by atoms with E-state index in [4.69, 9.17) is 9.84 Å². The predicted molar refractivity (Wildman–Crippen MR) is 95.2 cm³/mol. The third-order valence-corrected chi connectivity index (χ3v) is 5.25. The lowest BCUT2D eigenvalue weighted by Gasteiger charge is -2.18. The van der Waals surface area contributed by atoms with Crippen LogP contribution in [0.1, 0.15) is 42.5 Å². The molecule has 0 bridgehead atoms. The van der Waals surface area contributed by atoms with Gasteiger partial charge in [-0.2, -0.15) is 0 Å². The number of nitrogens with one attached hydrogen (secondary N) is 1. The molecule has 0 unspecified atom stereocenters. The van der Waals surface area contributed by atoms with Crippen LogP contribution in [-0.2, 0) is 9.59 Å². The molecule has 2 fully saturated rings. The number of aliphatic carboxylic acids is 1. The second kappa shape index (κ2) is 7.76. The van der Waals surface area contributed by atoms with Crippen LogP contribution in [0.5, 0.6) is 5.75 Å². The summed E-state index contributed by atoms with van der Waals surface area (Å²) in [5.74, 6) is -1.44. The van der Waals surface area contributed by atoms with Gasteiger partial charge < -0.3 is 20.1 Å². The third-order valence-electron chi connectivity index (χ3n) is 5.25. The summed E-state index contributed by atoms with van der Waals surface area (Å²) in [6.07, 6.45) is 3.43. The maximum Gasteiger partial charge on any atom is 0.306 e.